The second-order valence-electron chi connectivity index (χ2n) is 19.9. The maximum atomic E-state index is 12.8. The van der Waals surface area contributed by atoms with Crippen molar-refractivity contribution in [2.24, 2.45) is 0 Å². The van der Waals surface area contributed by atoms with Crippen LogP contribution >= 0.6 is 7.82 Å². The number of hydrogen-bond acceptors (Lipinski definition) is 7. The molecule has 0 saturated heterocycles. The van der Waals surface area contributed by atoms with Gasteiger partial charge in [0.15, 0.2) is 6.10 Å². The molecule has 0 saturated carbocycles. The van der Waals surface area contributed by atoms with Crippen LogP contribution in [0.25, 0.3) is 0 Å². The summed E-state index contributed by atoms with van der Waals surface area (Å²) in [6.45, 7) is 4.12. The van der Waals surface area contributed by atoms with Crippen LogP contribution in [0.3, 0.4) is 0 Å². The Morgan fingerprint density at radius 3 is 1.08 bits per heavy atom. The molecular formula is C66H107NO8P+. The lowest BCUT2D eigenvalue weighted by Crippen LogP contribution is -2.37. The van der Waals surface area contributed by atoms with Gasteiger partial charge in [0.25, 0.3) is 0 Å². The summed E-state index contributed by atoms with van der Waals surface area (Å²) in [6.07, 6.45) is 83.1. The van der Waals surface area contributed by atoms with E-state index in [4.69, 9.17) is 18.5 Å². The molecule has 0 aliphatic rings. The van der Waals surface area contributed by atoms with E-state index >= 15 is 0 Å². The van der Waals surface area contributed by atoms with Gasteiger partial charge in [0.1, 0.15) is 19.8 Å². The second kappa shape index (κ2) is 55.4. The molecule has 0 radical (unpaired) electrons. The molecule has 0 heterocycles. The molecule has 0 bridgehead atoms. The van der Waals surface area contributed by atoms with Crippen molar-refractivity contribution in [1.82, 2.24) is 0 Å². The van der Waals surface area contributed by atoms with Gasteiger partial charge in [0.2, 0.25) is 0 Å². The number of rotatable bonds is 51. The molecule has 0 aliphatic carbocycles. The third-order valence-electron chi connectivity index (χ3n) is 11.6. The van der Waals surface area contributed by atoms with Crippen LogP contribution in [0, 0.1) is 0 Å². The Morgan fingerprint density at radius 1 is 0.408 bits per heavy atom. The standard InChI is InChI=1S/C66H106NO8P/c1-6-8-10-12-14-16-18-20-22-24-26-28-29-30-31-32-33-34-35-36-37-39-41-43-45-47-49-51-53-55-57-59-66(69)75-64(63-74-76(70,71)73-61-60-67(3,4)5)62-72-65(68)58-56-54-52-50-48-46-44-42-40-38-27-25-23-21-19-17-15-13-11-9-7-2/h8-11,14-17,20-23,26-28,30-31,33-34,36-38,42,44,48,50,64H,6-7,12-13,18-19,24-25,29,32,35,39-41,43,45-47,49,51-63H2,1-5H3/p+1/b10-8-,11-9-,16-14-,17-15-,22-20-,23-21-,28-26-,31-30-,34-33-,37-36-,38-27-,44-42-,50-48-. The summed E-state index contributed by atoms with van der Waals surface area (Å²) in [6, 6.07) is 0. The van der Waals surface area contributed by atoms with Crippen LogP contribution < -0.4 is 0 Å². The molecule has 0 aromatic rings. The SMILES string of the molecule is CC/C=C\C/C=C\C/C=C\C/C=C\C/C=C\C/C=C\C/C=C\CCCCCCCCCCCC(=O)OC(COC(=O)CCCC/C=C\C/C=C\C/C=C\C/C=C\C/C=C\C/C=C\CC)COP(=O)(O)OCC[N+](C)(C)C. The number of ether oxygens (including phenoxy) is 2. The molecule has 428 valence electrons. The normalized spacial score (nSPS) is 14.4. The van der Waals surface area contributed by atoms with Crippen LogP contribution in [0.5, 0.6) is 0 Å². The number of phosphoric acid groups is 1. The number of carbonyl (C=O) groups is 2. The molecule has 0 aromatic heterocycles. The van der Waals surface area contributed by atoms with Gasteiger partial charge >= 0.3 is 19.8 Å². The lowest BCUT2D eigenvalue weighted by Gasteiger charge is -2.24. The fourth-order valence-electron chi connectivity index (χ4n) is 7.11. The zero-order valence-electron chi connectivity index (χ0n) is 48.4. The third-order valence-corrected chi connectivity index (χ3v) is 12.5. The number of carbonyl (C=O) groups excluding carboxylic acids is 2. The van der Waals surface area contributed by atoms with Crippen LogP contribution in [0.15, 0.2) is 158 Å². The largest absolute Gasteiger partial charge is 0.472 e. The molecule has 9 nitrogen and oxygen atoms in total. The summed E-state index contributed by atoms with van der Waals surface area (Å²) in [4.78, 5) is 35.7. The van der Waals surface area contributed by atoms with Crippen molar-refractivity contribution < 1.29 is 42.1 Å². The molecule has 10 heteroatoms. The number of esters is 2. The van der Waals surface area contributed by atoms with E-state index in [-0.39, 0.29) is 26.1 Å². The number of hydrogen-bond donors (Lipinski definition) is 1. The Balaban J connectivity index is 4.28. The van der Waals surface area contributed by atoms with Gasteiger partial charge in [0, 0.05) is 12.8 Å². The van der Waals surface area contributed by atoms with Crippen molar-refractivity contribution >= 4 is 19.8 Å². The first-order valence-electron chi connectivity index (χ1n) is 29.2. The van der Waals surface area contributed by atoms with E-state index in [1.165, 1.54) is 32.1 Å². The van der Waals surface area contributed by atoms with Crippen molar-refractivity contribution in [3.63, 3.8) is 0 Å². The third kappa shape index (κ3) is 58.9. The van der Waals surface area contributed by atoms with E-state index in [1.807, 2.05) is 21.1 Å². The maximum Gasteiger partial charge on any atom is 0.472 e. The van der Waals surface area contributed by atoms with Crippen molar-refractivity contribution in [3.05, 3.63) is 158 Å². The molecular weight excluding hydrogens is 966 g/mol. The minimum atomic E-state index is -4.41. The quantitative estimate of drug-likeness (QED) is 0.0211. The minimum absolute atomic E-state index is 0.0136. The van der Waals surface area contributed by atoms with Gasteiger partial charge in [-0.1, -0.05) is 217 Å². The van der Waals surface area contributed by atoms with Gasteiger partial charge in [-0.15, -0.1) is 0 Å². The molecule has 0 rings (SSSR count). The number of unbranched alkanes of at least 4 members (excludes halogenated alkanes) is 11. The highest BCUT2D eigenvalue weighted by molar-refractivity contribution is 7.47. The van der Waals surface area contributed by atoms with E-state index in [0.717, 1.165) is 122 Å². The molecule has 0 aliphatic heterocycles. The van der Waals surface area contributed by atoms with Gasteiger partial charge < -0.3 is 18.9 Å². The van der Waals surface area contributed by atoms with Gasteiger partial charge in [-0.2, -0.15) is 0 Å². The summed E-state index contributed by atoms with van der Waals surface area (Å²) in [5.41, 5.74) is 0. The smallest absolute Gasteiger partial charge is 0.462 e. The van der Waals surface area contributed by atoms with E-state index in [2.05, 4.69) is 172 Å². The van der Waals surface area contributed by atoms with Crippen LogP contribution in [-0.4, -0.2) is 74.9 Å². The van der Waals surface area contributed by atoms with Crippen LogP contribution in [0.4, 0.5) is 0 Å². The Hall–Kier alpha value is -4.37. The van der Waals surface area contributed by atoms with Gasteiger partial charge in [0.05, 0.1) is 27.7 Å². The van der Waals surface area contributed by atoms with E-state index < -0.39 is 32.5 Å². The number of allylic oxidation sites excluding steroid dienone is 26. The number of quaternary nitrogens is 1. The second-order valence-corrected chi connectivity index (χ2v) is 21.4. The Labute approximate surface area is 465 Å². The van der Waals surface area contributed by atoms with Crippen LogP contribution in [0.1, 0.15) is 194 Å². The summed E-state index contributed by atoms with van der Waals surface area (Å²) in [5.74, 6) is -0.870. The summed E-state index contributed by atoms with van der Waals surface area (Å²) in [7, 11) is 1.42. The fraction of sp³-hybridized carbons (Fsp3) is 0.576. The molecule has 1 N–H and O–H groups in total. The first-order chi connectivity index (χ1) is 37.0. The highest BCUT2D eigenvalue weighted by Gasteiger charge is 2.27. The summed E-state index contributed by atoms with van der Waals surface area (Å²) < 4.78 is 34.5. The monoisotopic (exact) mass is 1070 g/mol. The average Bonchev–Trinajstić information content (AvgIpc) is 3.38. The van der Waals surface area contributed by atoms with Crippen molar-refractivity contribution in [2.75, 3.05) is 47.5 Å². The average molecular weight is 1070 g/mol. The highest BCUT2D eigenvalue weighted by atomic mass is 31.2. The fourth-order valence-corrected chi connectivity index (χ4v) is 7.86. The van der Waals surface area contributed by atoms with Crippen LogP contribution in [0.2, 0.25) is 0 Å². The predicted molar refractivity (Wildman–Crippen MR) is 325 cm³/mol. The maximum absolute atomic E-state index is 12.8. The Bertz CT molecular complexity index is 1840. The van der Waals surface area contributed by atoms with Crippen molar-refractivity contribution in [3.8, 4) is 0 Å². The molecule has 0 fully saturated rings. The zero-order chi connectivity index (χ0) is 55.6. The molecule has 0 amide bonds. The topological polar surface area (TPSA) is 108 Å². The van der Waals surface area contributed by atoms with Crippen molar-refractivity contribution in [2.45, 2.75) is 200 Å². The highest BCUT2D eigenvalue weighted by Crippen LogP contribution is 2.43. The number of likely N-dealkylation sites (N-methyl/N-ethyl adjacent to an activating group) is 1. The van der Waals surface area contributed by atoms with Gasteiger partial charge in [-0.25, -0.2) is 4.57 Å². The van der Waals surface area contributed by atoms with E-state index in [9.17, 15) is 19.0 Å². The first kappa shape index (κ1) is 71.6. The zero-order valence-corrected chi connectivity index (χ0v) is 49.3. The molecule has 76 heavy (non-hydrogen) atoms. The van der Waals surface area contributed by atoms with E-state index in [0.29, 0.717) is 23.9 Å². The molecule has 2 atom stereocenters. The Kier molecular flexibility index (Phi) is 52.2. The van der Waals surface area contributed by atoms with Gasteiger partial charge in [-0.3, -0.25) is 18.6 Å². The first-order valence-corrected chi connectivity index (χ1v) is 30.7. The minimum Gasteiger partial charge on any atom is -0.462 e. The van der Waals surface area contributed by atoms with Gasteiger partial charge in [-0.05, 0) is 122 Å². The molecule has 2 unspecified atom stereocenters. The van der Waals surface area contributed by atoms with Crippen molar-refractivity contribution in [1.29, 1.82) is 0 Å². The van der Waals surface area contributed by atoms with E-state index in [1.54, 1.807) is 0 Å². The lowest BCUT2D eigenvalue weighted by atomic mass is 10.1. The predicted octanol–water partition coefficient (Wildman–Crippen LogP) is 18.5. The molecule has 0 aromatic carbocycles. The Morgan fingerprint density at radius 2 is 0.711 bits per heavy atom. The summed E-state index contributed by atoms with van der Waals surface area (Å²) >= 11 is 0. The van der Waals surface area contributed by atoms with Crippen LogP contribution in [-0.2, 0) is 32.7 Å². The number of phosphoric ester groups is 1. The summed E-state index contributed by atoms with van der Waals surface area (Å²) in [5, 5.41) is 0. The molecule has 0 spiro atoms. The number of nitrogens with zero attached hydrogens (tertiary/aromatic N) is 1. The lowest BCUT2D eigenvalue weighted by molar-refractivity contribution is -0.870.